The molecule has 28 heavy (non-hydrogen) atoms. The molecule has 158 valence electrons. The minimum atomic E-state index is -1.62. The molecular weight excluding hydrogens is 376 g/mol. The Morgan fingerprint density at radius 1 is 1.14 bits per heavy atom. The summed E-state index contributed by atoms with van der Waals surface area (Å²) in [5.41, 5.74) is 5.51. The molecule has 1 heterocycles. The number of hydrogen-bond donors (Lipinski definition) is 6. The van der Waals surface area contributed by atoms with Crippen LogP contribution in [0.2, 0.25) is 0 Å². The van der Waals surface area contributed by atoms with Crippen molar-refractivity contribution in [1.82, 2.24) is 15.5 Å². The van der Waals surface area contributed by atoms with Gasteiger partial charge in [0.2, 0.25) is 17.7 Å². The van der Waals surface area contributed by atoms with E-state index in [2.05, 4.69) is 10.6 Å². The Hall–Kier alpha value is -2.73. The van der Waals surface area contributed by atoms with E-state index in [1.165, 1.54) is 18.7 Å². The molecule has 1 aliphatic rings. The molecule has 1 aliphatic heterocycles. The van der Waals surface area contributed by atoms with Crippen LogP contribution in [0.1, 0.15) is 33.1 Å². The standard InChI is InChI=1S/C16H26N4O8/c1-7(18-14(25)12(17)8(2)21)15(26)20-5-3-4-10(20)13(24)19-9(16(27)28)6-11(22)23/h7-10,12,21H,3-6,17H2,1-2H3,(H,18,25)(H,19,24)(H,22,23)(H,27,28). The van der Waals surface area contributed by atoms with Gasteiger partial charge in [-0.25, -0.2) is 4.79 Å². The maximum Gasteiger partial charge on any atom is 0.326 e. The van der Waals surface area contributed by atoms with Crippen LogP contribution in [0.5, 0.6) is 0 Å². The van der Waals surface area contributed by atoms with Gasteiger partial charge < -0.3 is 36.6 Å². The number of aliphatic hydroxyl groups excluding tert-OH is 1. The first-order valence-corrected chi connectivity index (χ1v) is 8.75. The summed E-state index contributed by atoms with van der Waals surface area (Å²) in [6.07, 6.45) is -1.17. The van der Waals surface area contributed by atoms with Gasteiger partial charge in [-0.05, 0) is 26.7 Å². The highest BCUT2D eigenvalue weighted by molar-refractivity contribution is 5.94. The van der Waals surface area contributed by atoms with E-state index in [1.807, 2.05) is 0 Å². The number of carboxylic acid groups (broad SMARTS) is 2. The van der Waals surface area contributed by atoms with Crippen molar-refractivity contribution in [3.63, 3.8) is 0 Å². The van der Waals surface area contributed by atoms with E-state index in [0.717, 1.165) is 0 Å². The predicted molar refractivity (Wildman–Crippen MR) is 93.8 cm³/mol. The number of aliphatic carboxylic acids is 2. The van der Waals surface area contributed by atoms with Crippen LogP contribution in [-0.2, 0) is 24.0 Å². The van der Waals surface area contributed by atoms with E-state index < -0.39 is 66.4 Å². The summed E-state index contributed by atoms with van der Waals surface area (Å²) in [6, 6.07) is -4.85. The molecule has 0 spiro atoms. The molecule has 1 saturated heterocycles. The lowest BCUT2D eigenvalue weighted by atomic mass is 10.1. The fraction of sp³-hybridized carbons (Fsp3) is 0.688. The van der Waals surface area contributed by atoms with E-state index >= 15 is 0 Å². The first-order chi connectivity index (χ1) is 13.0. The molecular formula is C16H26N4O8. The second-order valence-electron chi connectivity index (χ2n) is 6.68. The average Bonchev–Trinajstić information content (AvgIpc) is 3.08. The van der Waals surface area contributed by atoms with Gasteiger partial charge in [0, 0.05) is 6.54 Å². The third kappa shape index (κ3) is 6.16. The Balaban J connectivity index is 2.78. The second-order valence-corrected chi connectivity index (χ2v) is 6.68. The number of aliphatic hydroxyl groups is 1. The van der Waals surface area contributed by atoms with E-state index in [-0.39, 0.29) is 13.0 Å². The summed E-state index contributed by atoms with van der Waals surface area (Å²) in [5, 5.41) is 31.6. The molecule has 12 nitrogen and oxygen atoms in total. The van der Waals surface area contributed by atoms with Crippen LogP contribution in [0, 0.1) is 0 Å². The third-order valence-electron chi connectivity index (χ3n) is 4.38. The molecule has 0 aromatic carbocycles. The fourth-order valence-corrected chi connectivity index (χ4v) is 2.78. The van der Waals surface area contributed by atoms with Crippen molar-refractivity contribution >= 4 is 29.7 Å². The van der Waals surface area contributed by atoms with Crippen LogP contribution in [0.15, 0.2) is 0 Å². The van der Waals surface area contributed by atoms with Gasteiger partial charge in [-0.15, -0.1) is 0 Å². The van der Waals surface area contributed by atoms with Crippen LogP contribution < -0.4 is 16.4 Å². The molecule has 5 unspecified atom stereocenters. The van der Waals surface area contributed by atoms with Gasteiger partial charge >= 0.3 is 11.9 Å². The zero-order valence-corrected chi connectivity index (χ0v) is 15.6. The van der Waals surface area contributed by atoms with Crippen molar-refractivity contribution in [3.05, 3.63) is 0 Å². The first-order valence-electron chi connectivity index (χ1n) is 8.75. The van der Waals surface area contributed by atoms with E-state index in [9.17, 15) is 29.1 Å². The van der Waals surface area contributed by atoms with Crippen LogP contribution in [0.3, 0.4) is 0 Å². The van der Waals surface area contributed by atoms with Crippen LogP contribution >= 0.6 is 0 Å². The largest absolute Gasteiger partial charge is 0.481 e. The lowest BCUT2D eigenvalue weighted by Gasteiger charge is -2.28. The molecule has 3 amide bonds. The van der Waals surface area contributed by atoms with Crippen LogP contribution in [0.4, 0.5) is 0 Å². The summed E-state index contributed by atoms with van der Waals surface area (Å²) in [7, 11) is 0. The topological polar surface area (TPSA) is 199 Å². The molecule has 0 aromatic heterocycles. The molecule has 0 saturated carbocycles. The van der Waals surface area contributed by atoms with Gasteiger partial charge in [0.25, 0.3) is 0 Å². The zero-order valence-electron chi connectivity index (χ0n) is 15.6. The van der Waals surface area contributed by atoms with Crippen LogP contribution in [-0.4, -0.2) is 86.7 Å². The molecule has 7 N–H and O–H groups in total. The van der Waals surface area contributed by atoms with Crippen molar-refractivity contribution in [2.45, 2.75) is 63.4 Å². The lowest BCUT2D eigenvalue weighted by Crippen LogP contribution is -2.57. The summed E-state index contributed by atoms with van der Waals surface area (Å²) in [4.78, 5) is 59.9. The second kappa shape index (κ2) is 9.99. The Bertz CT molecular complexity index is 638. The van der Waals surface area contributed by atoms with E-state index in [1.54, 1.807) is 0 Å². The highest BCUT2D eigenvalue weighted by Gasteiger charge is 2.38. The molecule has 0 bridgehead atoms. The molecule has 12 heteroatoms. The highest BCUT2D eigenvalue weighted by Crippen LogP contribution is 2.19. The summed E-state index contributed by atoms with van der Waals surface area (Å²) in [6.45, 7) is 2.94. The maximum absolute atomic E-state index is 12.6. The van der Waals surface area contributed by atoms with Crippen molar-refractivity contribution in [2.24, 2.45) is 5.73 Å². The smallest absolute Gasteiger partial charge is 0.326 e. The zero-order chi connectivity index (χ0) is 21.6. The Morgan fingerprint density at radius 2 is 1.75 bits per heavy atom. The number of nitrogens with two attached hydrogens (primary N) is 1. The monoisotopic (exact) mass is 402 g/mol. The average molecular weight is 402 g/mol. The summed E-state index contributed by atoms with van der Waals surface area (Å²) >= 11 is 0. The number of nitrogens with one attached hydrogen (secondary N) is 2. The number of carbonyl (C=O) groups is 5. The molecule has 0 radical (unpaired) electrons. The maximum atomic E-state index is 12.6. The van der Waals surface area contributed by atoms with Gasteiger partial charge in [0.1, 0.15) is 24.2 Å². The number of likely N-dealkylation sites (tertiary alicyclic amines) is 1. The van der Waals surface area contributed by atoms with Gasteiger partial charge in [-0.3, -0.25) is 19.2 Å². The number of rotatable bonds is 9. The summed E-state index contributed by atoms with van der Waals surface area (Å²) < 4.78 is 0. The number of hydrogen-bond acceptors (Lipinski definition) is 7. The van der Waals surface area contributed by atoms with Crippen LogP contribution in [0.25, 0.3) is 0 Å². The minimum Gasteiger partial charge on any atom is -0.481 e. The van der Waals surface area contributed by atoms with Crippen molar-refractivity contribution in [2.75, 3.05) is 6.54 Å². The first kappa shape index (κ1) is 23.3. The van der Waals surface area contributed by atoms with Gasteiger partial charge in [-0.1, -0.05) is 0 Å². The summed E-state index contributed by atoms with van der Waals surface area (Å²) in [5.74, 6) is -4.98. The van der Waals surface area contributed by atoms with E-state index in [4.69, 9.17) is 15.9 Å². The quantitative estimate of drug-likeness (QED) is 0.236. The number of carbonyl (C=O) groups excluding carboxylic acids is 3. The normalized spacial score (nSPS) is 20.6. The lowest BCUT2D eigenvalue weighted by molar-refractivity contribution is -0.148. The van der Waals surface area contributed by atoms with Crippen molar-refractivity contribution < 1.29 is 39.3 Å². The molecule has 1 rings (SSSR count). The third-order valence-corrected chi connectivity index (χ3v) is 4.38. The minimum absolute atomic E-state index is 0.219. The van der Waals surface area contributed by atoms with Gasteiger partial charge in [0.15, 0.2) is 0 Å². The molecule has 5 atom stereocenters. The molecule has 0 aliphatic carbocycles. The highest BCUT2D eigenvalue weighted by atomic mass is 16.4. The Kier molecular flexibility index (Phi) is 8.32. The molecule has 0 aromatic rings. The number of nitrogens with zero attached hydrogens (tertiary/aromatic N) is 1. The predicted octanol–water partition coefficient (Wildman–Crippen LogP) is -2.77. The SMILES string of the molecule is CC(NC(=O)C(N)C(C)O)C(=O)N1CCCC1C(=O)NC(CC(=O)O)C(=O)O. The Morgan fingerprint density at radius 3 is 2.25 bits per heavy atom. The van der Waals surface area contributed by atoms with Crippen molar-refractivity contribution in [1.29, 1.82) is 0 Å². The van der Waals surface area contributed by atoms with Gasteiger partial charge in [-0.2, -0.15) is 0 Å². The van der Waals surface area contributed by atoms with Crippen molar-refractivity contribution in [3.8, 4) is 0 Å². The Labute approximate surface area is 161 Å². The molecule has 1 fully saturated rings. The number of carboxylic acids is 2. The van der Waals surface area contributed by atoms with Gasteiger partial charge in [0.05, 0.1) is 12.5 Å². The van der Waals surface area contributed by atoms with E-state index in [0.29, 0.717) is 6.42 Å². The fourth-order valence-electron chi connectivity index (χ4n) is 2.78. The number of amides is 3.